The summed E-state index contributed by atoms with van der Waals surface area (Å²) in [5.41, 5.74) is 2.34. The van der Waals surface area contributed by atoms with Gasteiger partial charge < -0.3 is 10.0 Å². The Morgan fingerprint density at radius 3 is 2.81 bits per heavy atom. The molecule has 6 nitrogen and oxygen atoms in total. The fourth-order valence-electron chi connectivity index (χ4n) is 2.49. The van der Waals surface area contributed by atoms with Crippen LogP contribution in [0, 0.1) is 6.92 Å². The SMILES string of the molecule is Cc1ccc(-n2cc(C(=O)N3CCCC(O)C3)nn2)cc1. The van der Waals surface area contributed by atoms with Crippen molar-refractivity contribution in [1.82, 2.24) is 19.9 Å². The highest BCUT2D eigenvalue weighted by Crippen LogP contribution is 2.14. The van der Waals surface area contributed by atoms with Gasteiger partial charge in [0.25, 0.3) is 5.91 Å². The topological polar surface area (TPSA) is 71.2 Å². The Balaban J connectivity index is 1.78. The number of hydrogen-bond acceptors (Lipinski definition) is 4. The van der Waals surface area contributed by atoms with E-state index < -0.39 is 6.10 Å². The second-order valence-corrected chi connectivity index (χ2v) is 5.43. The van der Waals surface area contributed by atoms with Crippen molar-refractivity contribution in [2.24, 2.45) is 0 Å². The lowest BCUT2D eigenvalue weighted by molar-refractivity contribution is 0.0469. The van der Waals surface area contributed by atoms with Crippen LogP contribution in [0.15, 0.2) is 30.5 Å². The number of amides is 1. The number of aryl methyl sites for hydroxylation is 1. The van der Waals surface area contributed by atoms with E-state index in [-0.39, 0.29) is 5.91 Å². The summed E-state index contributed by atoms with van der Waals surface area (Å²) >= 11 is 0. The number of carbonyl (C=O) groups is 1. The molecule has 0 saturated carbocycles. The number of hydrogen-bond donors (Lipinski definition) is 1. The maximum Gasteiger partial charge on any atom is 0.276 e. The molecule has 0 aliphatic carbocycles. The third-order valence-electron chi connectivity index (χ3n) is 3.69. The first-order chi connectivity index (χ1) is 10.1. The molecule has 110 valence electrons. The minimum atomic E-state index is -0.435. The van der Waals surface area contributed by atoms with E-state index in [4.69, 9.17) is 0 Å². The number of likely N-dealkylation sites (tertiary alicyclic amines) is 1. The average molecular weight is 286 g/mol. The van der Waals surface area contributed by atoms with Gasteiger partial charge in [-0.05, 0) is 31.9 Å². The van der Waals surface area contributed by atoms with Gasteiger partial charge >= 0.3 is 0 Å². The van der Waals surface area contributed by atoms with E-state index in [2.05, 4.69) is 10.3 Å². The van der Waals surface area contributed by atoms with Gasteiger partial charge in [-0.2, -0.15) is 0 Å². The first-order valence-electron chi connectivity index (χ1n) is 7.10. The van der Waals surface area contributed by atoms with Crippen molar-refractivity contribution in [3.8, 4) is 5.69 Å². The van der Waals surface area contributed by atoms with Crippen molar-refractivity contribution in [3.05, 3.63) is 41.7 Å². The Morgan fingerprint density at radius 1 is 1.33 bits per heavy atom. The predicted octanol–water partition coefficient (Wildman–Crippen LogP) is 1.17. The minimum Gasteiger partial charge on any atom is -0.391 e. The molecular weight excluding hydrogens is 268 g/mol. The molecule has 1 atom stereocenters. The number of benzene rings is 1. The molecule has 1 aromatic carbocycles. The van der Waals surface area contributed by atoms with Gasteiger partial charge in [0.15, 0.2) is 5.69 Å². The summed E-state index contributed by atoms with van der Waals surface area (Å²) in [5.74, 6) is -0.174. The lowest BCUT2D eigenvalue weighted by atomic mass is 10.1. The van der Waals surface area contributed by atoms with Gasteiger partial charge in [-0.1, -0.05) is 22.9 Å². The Bertz CT molecular complexity index is 635. The lowest BCUT2D eigenvalue weighted by Crippen LogP contribution is -2.42. The van der Waals surface area contributed by atoms with Crippen LogP contribution in [0.2, 0.25) is 0 Å². The number of rotatable bonds is 2. The van der Waals surface area contributed by atoms with Crippen molar-refractivity contribution in [2.45, 2.75) is 25.9 Å². The van der Waals surface area contributed by atoms with Crippen LogP contribution in [0.1, 0.15) is 28.9 Å². The molecule has 0 radical (unpaired) electrons. The summed E-state index contributed by atoms with van der Waals surface area (Å²) in [7, 11) is 0. The van der Waals surface area contributed by atoms with Crippen LogP contribution in [-0.4, -0.2) is 50.1 Å². The highest BCUT2D eigenvalue weighted by molar-refractivity contribution is 5.92. The number of carbonyl (C=O) groups excluding carboxylic acids is 1. The predicted molar refractivity (Wildman–Crippen MR) is 77.2 cm³/mol. The second kappa shape index (κ2) is 5.65. The number of piperidine rings is 1. The summed E-state index contributed by atoms with van der Waals surface area (Å²) < 4.78 is 1.59. The van der Waals surface area contributed by atoms with Gasteiger partial charge in [0.05, 0.1) is 18.0 Å². The van der Waals surface area contributed by atoms with Crippen molar-refractivity contribution in [1.29, 1.82) is 0 Å². The van der Waals surface area contributed by atoms with Crippen LogP contribution < -0.4 is 0 Å². The minimum absolute atomic E-state index is 0.174. The van der Waals surface area contributed by atoms with Crippen molar-refractivity contribution in [3.63, 3.8) is 0 Å². The standard InChI is InChI=1S/C15H18N4O2/c1-11-4-6-12(7-5-11)19-10-14(16-17-19)15(21)18-8-2-3-13(20)9-18/h4-7,10,13,20H,2-3,8-9H2,1H3. The third kappa shape index (κ3) is 2.95. The number of aliphatic hydroxyl groups excluding tert-OH is 1. The molecule has 2 aromatic rings. The summed E-state index contributed by atoms with van der Waals surface area (Å²) in [6.45, 7) is 3.05. The quantitative estimate of drug-likeness (QED) is 0.899. The molecule has 6 heteroatoms. The Hall–Kier alpha value is -2.21. The zero-order chi connectivity index (χ0) is 14.8. The average Bonchev–Trinajstić information content (AvgIpc) is 2.97. The van der Waals surface area contributed by atoms with Crippen LogP contribution in [0.4, 0.5) is 0 Å². The Labute approximate surface area is 123 Å². The van der Waals surface area contributed by atoms with E-state index in [1.165, 1.54) is 0 Å². The first-order valence-corrected chi connectivity index (χ1v) is 7.10. The van der Waals surface area contributed by atoms with Crippen LogP contribution >= 0.6 is 0 Å². The fourth-order valence-corrected chi connectivity index (χ4v) is 2.49. The Kier molecular flexibility index (Phi) is 3.70. The van der Waals surface area contributed by atoms with Crippen molar-refractivity contribution in [2.75, 3.05) is 13.1 Å². The number of nitrogens with zero attached hydrogens (tertiary/aromatic N) is 4. The maximum absolute atomic E-state index is 12.3. The van der Waals surface area contributed by atoms with E-state index in [1.807, 2.05) is 31.2 Å². The van der Waals surface area contributed by atoms with E-state index in [9.17, 15) is 9.90 Å². The molecule has 0 bridgehead atoms. The van der Waals surface area contributed by atoms with Crippen LogP contribution in [0.5, 0.6) is 0 Å². The van der Waals surface area contributed by atoms with Crippen molar-refractivity contribution >= 4 is 5.91 Å². The summed E-state index contributed by atoms with van der Waals surface area (Å²) in [6.07, 6.45) is 2.77. The highest BCUT2D eigenvalue weighted by Gasteiger charge is 2.25. The number of aromatic nitrogens is 3. The van der Waals surface area contributed by atoms with Gasteiger partial charge in [0, 0.05) is 13.1 Å². The van der Waals surface area contributed by atoms with Gasteiger partial charge in [-0.25, -0.2) is 4.68 Å². The van der Waals surface area contributed by atoms with Crippen LogP contribution in [0.3, 0.4) is 0 Å². The molecule has 1 fully saturated rings. The summed E-state index contributed by atoms with van der Waals surface area (Å²) in [4.78, 5) is 14.0. The molecule has 1 aliphatic heterocycles. The molecule has 1 aromatic heterocycles. The highest BCUT2D eigenvalue weighted by atomic mass is 16.3. The van der Waals surface area contributed by atoms with E-state index >= 15 is 0 Å². The number of aliphatic hydroxyl groups is 1. The normalized spacial score (nSPS) is 18.8. The Morgan fingerprint density at radius 2 is 2.10 bits per heavy atom. The summed E-state index contributed by atoms with van der Waals surface area (Å²) in [6, 6.07) is 7.84. The van der Waals surface area contributed by atoms with Crippen molar-refractivity contribution < 1.29 is 9.90 Å². The zero-order valence-corrected chi connectivity index (χ0v) is 11.9. The first kappa shape index (κ1) is 13.8. The zero-order valence-electron chi connectivity index (χ0n) is 11.9. The molecule has 1 saturated heterocycles. The second-order valence-electron chi connectivity index (χ2n) is 5.43. The maximum atomic E-state index is 12.3. The summed E-state index contributed by atoms with van der Waals surface area (Å²) in [5, 5.41) is 17.6. The largest absolute Gasteiger partial charge is 0.391 e. The van der Waals surface area contributed by atoms with Crippen LogP contribution in [-0.2, 0) is 0 Å². The van der Waals surface area contributed by atoms with Gasteiger partial charge in [0.2, 0.25) is 0 Å². The molecule has 1 amide bonds. The van der Waals surface area contributed by atoms with Crippen LogP contribution in [0.25, 0.3) is 5.69 Å². The smallest absolute Gasteiger partial charge is 0.276 e. The lowest BCUT2D eigenvalue weighted by Gasteiger charge is -2.29. The molecule has 1 N–H and O–H groups in total. The molecule has 3 rings (SSSR count). The molecule has 21 heavy (non-hydrogen) atoms. The molecule has 1 aliphatic rings. The fraction of sp³-hybridized carbons (Fsp3) is 0.400. The monoisotopic (exact) mass is 286 g/mol. The van der Waals surface area contributed by atoms with E-state index in [0.29, 0.717) is 18.8 Å². The van der Waals surface area contributed by atoms with E-state index in [0.717, 1.165) is 24.1 Å². The molecule has 2 heterocycles. The molecule has 0 spiro atoms. The van der Waals surface area contributed by atoms with Gasteiger partial charge in [0.1, 0.15) is 0 Å². The number of β-amino-alcohol motifs (C(OH)–C–C–N with tert-alkyl or cyclic N) is 1. The third-order valence-corrected chi connectivity index (χ3v) is 3.69. The van der Waals surface area contributed by atoms with Gasteiger partial charge in [-0.3, -0.25) is 4.79 Å². The molecular formula is C15H18N4O2. The van der Waals surface area contributed by atoms with E-state index in [1.54, 1.807) is 15.8 Å². The van der Waals surface area contributed by atoms with Gasteiger partial charge in [-0.15, -0.1) is 5.10 Å². The molecule has 1 unspecified atom stereocenters.